The maximum absolute atomic E-state index is 3.32. The van der Waals surface area contributed by atoms with Gasteiger partial charge >= 0.3 is 0 Å². The van der Waals surface area contributed by atoms with Crippen LogP contribution < -0.4 is 5.32 Å². The van der Waals surface area contributed by atoms with Gasteiger partial charge < -0.3 is 5.32 Å². The van der Waals surface area contributed by atoms with Crippen LogP contribution in [-0.2, 0) is 0 Å². The molecule has 0 aromatic carbocycles. The van der Waals surface area contributed by atoms with Crippen LogP contribution in [0.5, 0.6) is 0 Å². The molecular formula is C8H13N. The molecule has 1 rings (SSSR count). The van der Waals surface area contributed by atoms with E-state index in [1.807, 2.05) is 0 Å². The minimum atomic E-state index is 0.508. The van der Waals surface area contributed by atoms with Crippen molar-refractivity contribution in [3.05, 3.63) is 23.4 Å². The lowest BCUT2D eigenvalue weighted by molar-refractivity contribution is 0.709. The molecule has 0 amide bonds. The lowest BCUT2D eigenvalue weighted by Gasteiger charge is -2.17. The Morgan fingerprint density at radius 1 is 1.44 bits per heavy atom. The Hall–Kier alpha value is -0.720. The number of dihydropyridines is 1. The van der Waals surface area contributed by atoms with Crippen molar-refractivity contribution in [2.45, 2.75) is 26.8 Å². The third-order valence-corrected chi connectivity index (χ3v) is 1.67. The molecule has 0 aromatic heterocycles. The minimum absolute atomic E-state index is 0.508. The van der Waals surface area contributed by atoms with E-state index >= 15 is 0 Å². The van der Waals surface area contributed by atoms with Crippen molar-refractivity contribution in [3.63, 3.8) is 0 Å². The summed E-state index contributed by atoms with van der Waals surface area (Å²) >= 11 is 0. The Morgan fingerprint density at radius 3 is 2.56 bits per heavy atom. The number of hydrogen-bond acceptors (Lipinski definition) is 1. The summed E-state index contributed by atoms with van der Waals surface area (Å²) in [7, 11) is 0. The van der Waals surface area contributed by atoms with Crippen LogP contribution in [0.2, 0.25) is 0 Å². The molecule has 0 aliphatic carbocycles. The van der Waals surface area contributed by atoms with Gasteiger partial charge in [0.15, 0.2) is 0 Å². The quantitative estimate of drug-likeness (QED) is 0.518. The average Bonchev–Trinajstić information content (AvgIpc) is 1.80. The molecule has 0 fully saturated rings. The summed E-state index contributed by atoms with van der Waals surface area (Å²) in [5.41, 5.74) is 2.64. The van der Waals surface area contributed by atoms with Crippen LogP contribution in [0.3, 0.4) is 0 Å². The fraction of sp³-hybridized carbons (Fsp3) is 0.500. The zero-order valence-corrected chi connectivity index (χ0v) is 6.23. The third-order valence-electron chi connectivity index (χ3n) is 1.67. The normalized spacial score (nSPS) is 26.3. The van der Waals surface area contributed by atoms with Gasteiger partial charge in [0.1, 0.15) is 0 Å². The van der Waals surface area contributed by atoms with E-state index in [0.717, 1.165) is 0 Å². The molecule has 50 valence electrons. The van der Waals surface area contributed by atoms with E-state index in [4.69, 9.17) is 0 Å². The summed E-state index contributed by atoms with van der Waals surface area (Å²) in [6.45, 7) is 6.37. The maximum Gasteiger partial charge on any atom is 0.0416 e. The first-order valence-electron chi connectivity index (χ1n) is 3.32. The van der Waals surface area contributed by atoms with Crippen molar-refractivity contribution in [2.75, 3.05) is 0 Å². The zero-order valence-electron chi connectivity index (χ0n) is 6.23. The Balaban J connectivity index is 2.75. The van der Waals surface area contributed by atoms with E-state index in [2.05, 4.69) is 38.2 Å². The minimum Gasteiger partial charge on any atom is -0.382 e. The van der Waals surface area contributed by atoms with Crippen molar-refractivity contribution >= 4 is 0 Å². The molecule has 1 unspecified atom stereocenters. The molecule has 1 nitrogen and oxygen atoms in total. The summed E-state index contributed by atoms with van der Waals surface area (Å²) in [4.78, 5) is 0. The highest BCUT2D eigenvalue weighted by Gasteiger charge is 2.02. The van der Waals surface area contributed by atoms with E-state index in [1.165, 1.54) is 11.3 Å². The van der Waals surface area contributed by atoms with Gasteiger partial charge in [-0.15, -0.1) is 0 Å². The first-order valence-corrected chi connectivity index (χ1v) is 3.32. The highest BCUT2D eigenvalue weighted by Crippen LogP contribution is 2.08. The van der Waals surface area contributed by atoms with E-state index in [0.29, 0.717) is 6.04 Å². The molecule has 0 aromatic rings. The SMILES string of the molecule is CC1=C(C)NC(C)C=C1. The van der Waals surface area contributed by atoms with E-state index in [-0.39, 0.29) is 0 Å². The monoisotopic (exact) mass is 123 g/mol. The van der Waals surface area contributed by atoms with Gasteiger partial charge in [0.2, 0.25) is 0 Å². The second-order valence-corrected chi connectivity index (χ2v) is 2.60. The van der Waals surface area contributed by atoms with Gasteiger partial charge in [0.05, 0.1) is 0 Å². The van der Waals surface area contributed by atoms with Crippen molar-refractivity contribution < 1.29 is 0 Å². The molecule has 1 heteroatoms. The molecule has 1 aliphatic heterocycles. The first-order chi connectivity index (χ1) is 4.20. The molecule has 1 N–H and O–H groups in total. The largest absolute Gasteiger partial charge is 0.382 e. The second-order valence-electron chi connectivity index (χ2n) is 2.60. The number of hydrogen-bond donors (Lipinski definition) is 1. The predicted octanol–water partition coefficient (Wildman–Crippen LogP) is 1.83. The molecule has 9 heavy (non-hydrogen) atoms. The standard InChI is InChI=1S/C8H13N/c1-6-4-5-7(2)9-8(6)3/h4-5,7,9H,1-3H3. The van der Waals surface area contributed by atoms with Crippen LogP contribution in [0.1, 0.15) is 20.8 Å². The Morgan fingerprint density at radius 2 is 2.11 bits per heavy atom. The Labute approximate surface area is 56.5 Å². The van der Waals surface area contributed by atoms with Gasteiger partial charge in [0, 0.05) is 11.7 Å². The smallest absolute Gasteiger partial charge is 0.0416 e. The van der Waals surface area contributed by atoms with Crippen LogP contribution in [0.25, 0.3) is 0 Å². The lowest BCUT2D eigenvalue weighted by atomic mass is 10.1. The highest BCUT2D eigenvalue weighted by atomic mass is 14.9. The predicted molar refractivity (Wildman–Crippen MR) is 40.1 cm³/mol. The zero-order chi connectivity index (χ0) is 6.85. The Bertz CT molecular complexity index is 165. The van der Waals surface area contributed by atoms with E-state index in [9.17, 15) is 0 Å². The van der Waals surface area contributed by atoms with Crippen LogP contribution in [0.15, 0.2) is 23.4 Å². The molecular weight excluding hydrogens is 110 g/mol. The van der Waals surface area contributed by atoms with Crippen molar-refractivity contribution in [3.8, 4) is 0 Å². The van der Waals surface area contributed by atoms with Crippen LogP contribution in [0.4, 0.5) is 0 Å². The van der Waals surface area contributed by atoms with Crippen LogP contribution in [-0.4, -0.2) is 6.04 Å². The van der Waals surface area contributed by atoms with Crippen molar-refractivity contribution in [2.24, 2.45) is 0 Å². The van der Waals surface area contributed by atoms with Gasteiger partial charge in [-0.3, -0.25) is 0 Å². The van der Waals surface area contributed by atoms with E-state index in [1.54, 1.807) is 0 Å². The highest BCUT2D eigenvalue weighted by molar-refractivity contribution is 5.26. The maximum atomic E-state index is 3.32. The fourth-order valence-corrected chi connectivity index (χ4v) is 0.917. The number of allylic oxidation sites excluding steroid dienone is 3. The molecule has 0 bridgehead atoms. The first kappa shape index (κ1) is 6.40. The van der Waals surface area contributed by atoms with E-state index < -0.39 is 0 Å². The van der Waals surface area contributed by atoms with Crippen molar-refractivity contribution in [1.29, 1.82) is 0 Å². The van der Waals surface area contributed by atoms with Crippen molar-refractivity contribution in [1.82, 2.24) is 5.32 Å². The summed E-state index contributed by atoms with van der Waals surface area (Å²) < 4.78 is 0. The fourth-order valence-electron chi connectivity index (χ4n) is 0.917. The third kappa shape index (κ3) is 1.35. The number of rotatable bonds is 0. The topological polar surface area (TPSA) is 12.0 Å². The van der Waals surface area contributed by atoms with Gasteiger partial charge in [-0.05, 0) is 26.3 Å². The average molecular weight is 123 g/mol. The molecule has 0 spiro atoms. The van der Waals surface area contributed by atoms with Gasteiger partial charge in [0.25, 0.3) is 0 Å². The summed E-state index contributed by atoms with van der Waals surface area (Å²) in [5, 5.41) is 3.32. The van der Waals surface area contributed by atoms with Gasteiger partial charge in [-0.1, -0.05) is 12.2 Å². The Kier molecular flexibility index (Phi) is 1.60. The second kappa shape index (κ2) is 2.26. The molecule has 0 saturated heterocycles. The molecule has 1 aliphatic rings. The molecule has 1 atom stereocenters. The lowest BCUT2D eigenvalue weighted by Crippen LogP contribution is -2.25. The summed E-state index contributed by atoms with van der Waals surface area (Å²) in [5.74, 6) is 0. The molecule has 0 saturated carbocycles. The van der Waals surface area contributed by atoms with Crippen LogP contribution >= 0.6 is 0 Å². The van der Waals surface area contributed by atoms with Gasteiger partial charge in [-0.25, -0.2) is 0 Å². The summed E-state index contributed by atoms with van der Waals surface area (Å²) in [6.07, 6.45) is 4.33. The molecule has 0 radical (unpaired) electrons. The molecule has 1 heterocycles. The summed E-state index contributed by atoms with van der Waals surface area (Å²) in [6, 6.07) is 0.508. The van der Waals surface area contributed by atoms with Crippen LogP contribution in [0, 0.1) is 0 Å². The van der Waals surface area contributed by atoms with Gasteiger partial charge in [-0.2, -0.15) is 0 Å². The number of nitrogens with one attached hydrogen (secondary N) is 1.